The minimum absolute atomic E-state index is 0.0343. The molecular formula is C15H28N2O4. The Labute approximate surface area is 126 Å². The van der Waals surface area contributed by atoms with Gasteiger partial charge in [0.25, 0.3) is 0 Å². The van der Waals surface area contributed by atoms with Gasteiger partial charge < -0.3 is 20.1 Å². The van der Waals surface area contributed by atoms with Gasteiger partial charge in [-0.3, -0.25) is 9.59 Å². The van der Waals surface area contributed by atoms with Crippen LogP contribution >= 0.6 is 0 Å². The van der Waals surface area contributed by atoms with Gasteiger partial charge in [0.1, 0.15) is 0 Å². The molecule has 0 aliphatic carbocycles. The molecule has 1 aliphatic rings. The number of nitrogens with zero attached hydrogens (tertiary/aromatic N) is 1. The number of likely N-dealkylation sites (tertiary alicyclic amines) is 1. The van der Waals surface area contributed by atoms with Crippen LogP contribution in [-0.2, 0) is 14.3 Å². The Kier molecular flexibility index (Phi) is 7.11. The number of piperidine rings is 1. The first-order valence-electron chi connectivity index (χ1n) is 7.63. The number of carbonyl (C=O) groups excluding carboxylic acids is 2. The zero-order valence-electron chi connectivity index (χ0n) is 13.4. The smallest absolute Gasteiger partial charge is 0.225 e. The lowest BCUT2D eigenvalue weighted by molar-refractivity contribution is -0.134. The van der Waals surface area contributed by atoms with Crippen molar-refractivity contribution in [2.24, 2.45) is 5.41 Å². The Bertz CT molecular complexity index is 344. The third-order valence-corrected chi connectivity index (χ3v) is 3.55. The monoisotopic (exact) mass is 300 g/mol. The lowest BCUT2D eigenvalue weighted by atomic mass is 9.96. The Morgan fingerprint density at radius 3 is 2.43 bits per heavy atom. The van der Waals surface area contributed by atoms with Gasteiger partial charge in [-0.05, 0) is 12.8 Å². The van der Waals surface area contributed by atoms with Crippen molar-refractivity contribution in [3.8, 4) is 0 Å². The molecule has 1 saturated heterocycles. The molecule has 0 bridgehead atoms. The molecule has 0 spiro atoms. The fraction of sp³-hybridized carbons (Fsp3) is 0.867. The standard InChI is InChI=1S/C15H28N2O4/c1-15(2,3)14(20)16-7-4-13(19)17-8-5-12(6-9-17)21-11-10-18/h12,18H,4-11H2,1-3H3,(H,16,20). The van der Waals surface area contributed by atoms with Crippen LogP contribution in [-0.4, -0.2) is 60.8 Å². The van der Waals surface area contributed by atoms with Gasteiger partial charge in [-0.1, -0.05) is 20.8 Å². The molecule has 0 saturated carbocycles. The second kappa shape index (κ2) is 8.34. The summed E-state index contributed by atoms with van der Waals surface area (Å²) in [4.78, 5) is 25.6. The van der Waals surface area contributed by atoms with Gasteiger partial charge in [0.15, 0.2) is 0 Å². The molecule has 1 heterocycles. The molecule has 1 aliphatic heterocycles. The molecule has 1 fully saturated rings. The lowest BCUT2D eigenvalue weighted by Gasteiger charge is -2.32. The maximum Gasteiger partial charge on any atom is 0.225 e. The van der Waals surface area contributed by atoms with Crippen molar-refractivity contribution in [2.45, 2.75) is 46.1 Å². The highest BCUT2D eigenvalue weighted by Crippen LogP contribution is 2.15. The third-order valence-electron chi connectivity index (χ3n) is 3.55. The molecule has 2 amide bonds. The predicted octanol–water partition coefficient (Wildman–Crippen LogP) is 0.539. The average Bonchev–Trinajstić information content (AvgIpc) is 2.44. The van der Waals surface area contributed by atoms with Crippen LogP contribution in [0.25, 0.3) is 0 Å². The molecule has 0 atom stereocenters. The molecular weight excluding hydrogens is 272 g/mol. The summed E-state index contributed by atoms with van der Waals surface area (Å²) in [5, 5.41) is 11.5. The first-order chi connectivity index (χ1) is 9.84. The number of aliphatic hydroxyl groups excluding tert-OH is 1. The second-order valence-corrected chi connectivity index (χ2v) is 6.43. The van der Waals surface area contributed by atoms with E-state index < -0.39 is 5.41 Å². The van der Waals surface area contributed by atoms with E-state index in [1.807, 2.05) is 25.7 Å². The number of hydrogen-bond donors (Lipinski definition) is 2. The molecule has 122 valence electrons. The van der Waals surface area contributed by atoms with Gasteiger partial charge >= 0.3 is 0 Å². The highest BCUT2D eigenvalue weighted by molar-refractivity contribution is 5.82. The van der Waals surface area contributed by atoms with Crippen LogP contribution in [0.4, 0.5) is 0 Å². The Balaban J connectivity index is 2.21. The van der Waals surface area contributed by atoms with Crippen LogP contribution in [0.2, 0.25) is 0 Å². The van der Waals surface area contributed by atoms with E-state index in [2.05, 4.69) is 5.32 Å². The van der Waals surface area contributed by atoms with Gasteiger partial charge in [0.2, 0.25) is 11.8 Å². The fourth-order valence-electron chi connectivity index (χ4n) is 2.20. The summed E-state index contributed by atoms with van der Waals surface area (Å²) in [6.07, 6.45) is 2.09. The van der Waals surface area contributed by atoms with Crippen LogP contribution in [0.5, 0.6) is 0 Å². The van der Waals surface area contributed by atoms with Crippen molar-refractivity contribution >= 4 is 11.8 Å². The van der Waals surface area contributed by atoms with E-state index in [0.29, 0.717) is 32.7 Å². The highest BCUT2D eigenvalue weighted by atomic mass is 16.5. The van der Waals surface area contributed by atoms with Crippen LogP contribution in [0.3, 0.4) is 0 Å². The number of amides is 2. The summed E-state index contributed by atoms with van der Waals surface area (Å²) in [6.45, 7) is 7.69. The van der Waals surface area contributed by atoms with E-state index >= 15 is 0 Å². The molecule has 0 aromatic heterocycles. The summed E-state index contributed by atoms with van der Waals surface area (Å²) >= 11 is 0. The number of carbonyl (C=O) groups is 2. The number of aliphatic hydroxyl groups is 1. The Hall–Kier alpha value is -1.14. The van der Waals surface area contributed by atoms with Crippen LogP contribution < -0.4 is 5.32 Å². The molecule has 0 aromatic carbocycles. The highest BCUT2D eigenvalue weighted by Gasteiger charge is 2.24. The van der Waals surface area contributed by atoms with Gasteiger partial charge in [0, 0.05) is 31.5 Å². The van der Waals surface area contributed by atoms with Crippen molar-refractivity contribution in [1.82, 2.24) is 10.2 Å². The zero-order chi connectivity index (χ0) is 15.9. The van der Waals surface area contributed by atoms with Crippen molar-refractivity contribution in [2.75, 3.05) is 32.8 Å². The number of ether oxygens (including phenoxy) is 1. The van der Waals surface area contributed by atoms with Crippen LogP contribution in [0.15, 0.2) is 0 Å². The number of rotatable bonds is 6. The first-order valence-corrected chi connectivity index (χ1v) is 7.63. The van der Waals surface area contributed by atoms with Crippen LogP contribution in [0, 0.1) is 5.41 Å². The van der Waals surface area contributed by atoms with Gasteiger partial charge in [-0.25, -0.2) is 0 Å². The quantitative estimate of drug-likeness (QED) is 0.750. The zero-order valence-corrected chi connectivity index (χ0v) is 13.4. The van der Waals surface area contributed by atoms with E-state index in [9.17, 15) is 9.59 Å². The second-order valence-electron chi connectivity index (χ2n) is 6.43. The van der Waals surface area contributed by atoms with Crippen molar-refractivity contribution in [3.63, 3.8) is 0 Å². The molecule has 0 radical (unpaired) electrons. The lowest BCUT2D eigenvalue weighted by Crippen LogP contribution is -2.43. The summed E-state index contributed by atoms with van der Waals surface area (Å²) in [7, 11) is 0. The minimum atomic E-state index is -0.425. The average molecular weight is 300 g/mol. The summed E-state index contributed by atoms with van der Waals surface area (Å²) in [5.74, 6) is 0.0382. The van der Waals surface area contributed by atoms with E-state index in [1.165, 1.54) is 0 Å². The van der Waals surface area contributed by atoms with E-state index in [-0.39, 0.29) is 24.5 Å². The number of hydrogen-bond acceptors (Lipinski definition) is 4. The maximum absolute atomic E-state index is 12.0. The summed E-state index contributed by atoms with van der Waals surface area (Å²) < 4.78 is 5.47. The fourth-order valence-corrected chi connectivity index (χ4v) is 2.20. The van der Waals surface area contributed by atoms with Crippen LogP contribution in [0.1, 0.15) is 40.0 Å². The SMILES string of the molecule is CC(C)(C)C(=O)NCCC(=O)N1CCC(OCCO)CC1. The van der Waals surface area contributed by atoms with E-state index in [1.54, 1.807) is 0 Å². The summed E-state index contributed by atoms with van der Waals surface area (Å²) in [6, 6.07) is 0. The topological polar surface area (TPSA) is 78.9 Å². The molecule has 21 heavy (non-hydrogen) atoms. The molecule has 6 heteroatoms. The van der Waals surface area contributed by atoms with Crippen molar-refractivity contribution < 1.29 is 19.4 Å². The van der Waals surface area contributed by atoms with E-state index in [4.69, 9.17) is 9.84 Å². The maximum atomic E-state index is 12.0. The molecule has 2 N–H and O–H groups in total. The first kappa shape index (κ1) is 17.9. The number of nitrogens with one attached hydrogen (secondary N) is 1. The van der Waals surface area contributed by atoms with Gasteiger partial charge in [-0.15, -0.1) is 0 Å². The molecule has 6 nitrogen and oxygen atoms in total. The molecule has 0 unspecified atom stereocenters. The van der Waals surface area contributed by atoms with Gasteiger partial charge in [-0.2, -0.15) is 0 Å². The van der Waals surface area contributed by atoms with Crippen molar-refractivity contribution in [1.29, 1.82) is 0 Å². The Morgan fingerprint density at radius 1 is 1.29 bits per heavy atom. The summed E-state index contributed by atoms with van der Waals surface area (Å²) in [5.41, 5.74) is -0.425. The Morgan fingerprint density at radius 2 is 1.90 bits per heavy atom. The normalized spacial score (nSPS) is 16.9. The minimum Gasteiger partial charge on any atom is -0.394 e. The van der Waals surface area contributed by atoms with E-state index in [0.717, 1.165) is 12.8 Å². The third kappa shape index (κ3) is 6.44. The largest absolute Gasteiger partial charge is 0.394 e. The molecule has 1 rings (SSSR count). The van der Waals surface area contributed by atoms with Crippen molar-refractivity contribution in [3.05, 3.63) is 0 Å². The molecule has 0 aromatic rings. The predicted molar refractivity (Wildman–Crippen MR) is 79.7 cm³/mol. The van der Waals surface area contributed by atoms with Gasteiger partial charge in [0.05, 0.1) is 19.3 Å².